The van der Waals surface area contributed by atoms with Crippen molar-refractivity contribution in [3.05, 3.63) is 29.0 Å². The fraction of sp³-hybridized carbons (Fsp3) is 0.500. The summed E-state index contributed by atoms with van der Waals surface area (Å²) in [6.45, 7) is 4.07. The van der Waals surface area contributed by atoms with Gasteiger partial charge in [-0.3, -0.25) is 0 Å². The van der Waals surface area contributed by atoms with Crippen LogP contribution in [0.15, 0.2) is 18.3 Å². The van der Waals surface area contributed by atoms with Crippen LogP contribution in [-0.2, 0) is 0 Å². The third-order valence-electron chi connectivity index (χ3n) is 2.33. The molecule has 0 amide bonds. The van der Waals surface area contributed by atoms with Crippen molar-refractivity contribution in [2.24, 2.45) is 17.4 Å². The lowest BCUT2D eigenvalue weighted by Gasteiger charge is -2.23. The molecule has 2 atom stereocenters. The van der Waals surface area contributed by atoms with E-state index in [1.165, 1.54) is 0 Å². The van der Waals surface area contributed by atoms with Gasteiger partial charge in [-0.1, -0.05) is 31.5 Å². The van der Waals surface area contributed by atoms with Gasteiger partial charge >= 0.3 is 0 Å². The fourth-order valence-electron chi connectivity index (χ4n) is 1.27. The van der Waals surface area contributed by atoms with Crippen LogP contribution >= 0.6 is 11.6 Å². The Morgan fingerprint density at radius 1 is 1.36 bits per heavy atom. The maximum Gasteiger partial charge on any atom is 0.133 e. The molecule has 0 radical (unpaired) electrons. The molecule has 0 aromatic carbocycles. The molecule has 0 aliphatic rings. The quantitative estimate of drug-likeness (QED) is 0.752. The highest BCUT2D eigenvalue weighted by atomic mass is 35.5. The molecule has 14 heavy (non-hydrogen) atoms. The minimum absolute atomic E-state index is 0.100. The van der Waals surface area contributed by atoms with Crippen LogP contribution in [0.25, 0.3) is 0 Å². The van der Waals surface area contributed by atoms with Crippen molar-refractivity contribution < 1.29 is 0 Å². The van der Waals surface area contributed by atoms with E-state index >= 15 is 0 Å². The third-order valence-corrected chi connectivity index (χ3v) is 2.65. The molecule has 0 fully saturated rings. The molecule has 78 valence electrons. The Kier molecular flexibility index (Phi) is 3.86. The first-order chi connectivity index (χ1) is 6.54. The minimum Gasteiger partial charge on any atom is -0.326 e. The number of halogens is 1. The van der Waals surface area contributed by atoms with Gasteiger partial charge in [0.05, 0.1) is 0 Å². The van der Waals surface area contributed by atoms with Gasteiger partial charge in [-0.15, -0.1) is 0 Å². The lowest BCUT2D eigenvalue weighted by Crippen LogP contribution is -2.38. The second kappa shape index (κ2) is 4.73. The number of hydrogen-bond donors (Lipinski definition) is 2. The van der Waals surface area contributed by atoms with Crippen LogP contribution in [0.3, 0.4) is 0 Å². The van der Waals surface area contributed by atoms with Crippen molar-refractivity contribution in [1.29, 1.82) is 0 Å². The average molecular weight is 214 g/mol. The monoisotopic (exact) mass is 213 g/mol. The lowest BCUT2D eigenvalue weighted by molar-refractivity contribution is 0.423. The zero-order chi connectivity index (χ0) is 10.7. The maximum atomic E-state index is 5.99. The van der Waals surface area contributed by atoms with E-state index in [2.05, 4.69) is 4.98 Å². The normalized spacial score (nSPS) is 15.6. The number of rotatable bonds is 3. The number of aromatic nitrogens is 1. The Morgan fingerprint density at radius 3 is 2.50 bits per heavy atom. The smallest absolute Gasteiger partial charge is 0.133 e. The summed E-state index contributed by atoms with van der Waals surface area (Å²) < 4.78 is 0. The van der Waals surface area contributed by atoms with E-state index in [1.807, 2.05) is 26.0 Å². The highest BCUT2D eigenvalue weighted by Gasteiger charge is 2.20. The first-order valence-electron chi connectivity index (χ1n) is 4.65. The largest absolute Gasteiger partial charge is 0.326 e. The van der Waals surface area contributed by atoms with Gasteiger partial charge in [0.2, 0.25) is 0 Å². The zero-order valence-electron chi connectivity index (χ0n) is 8.44. The molecular weight excluding hydrogens is 198 g/mol. The van der Waals surface area contributed by atoms with Crippen molar-refractivity contribution in [2.75, 3.05) is 0 Å². The maximum absolute atomic E-state index is 5.99. The Balaban J connectivity index is 2.89. The Morgan fingerprint density at radius 2 is 2.00 bits per heavy atom. The molecule has 1 rings (SSSR count). The molecule has 0 spiro atoms. The van der Waals surface area contributed by atoms with Gasteiger partial charge < -0.3 is 11.5 Å². The van der Waals surface area contributed by atoms with E-state index in [-0.39, 0.29) is 12.1 Å². The summed E-state index contributed by atoms with van der Waals surface area (Å²) in [5, 5.41) is 0.441. The first kappa shape index (κ1) is 11.4. The van der Waals surface area contributed by atoms with Crippen LogP contribution in [0.2, 0.25) is 5.15 Å². The highest BCUT2D eigenvalue weighted by Crippen LogP contribution is 2.23. The number of nitrogens with two attached hydrogens (primary N) is 2. The molecule has 1 aromatic heterocycles. The summed E-state index contributed by atoms with van der Waals surface area (Å²) in [6.07, 6.45) is 1.64. The van der Waals surface area contributed by atoms with E-state index in [4.69, 9.17) is 23.1 Å². The molecule has 4 N–H and O–H groups in total. The Hall–Kier alpha value is -0.640. The molecule has 0 unspecified atom stereocenters. The molecule has 4 heteroatoms. The minimum atomic E-state index is -0.254. The third kappa shape index (κ3) is 2.44. The molecule has 1 heterocycles. The van der Waals surface area contributed by atoms with Crippen LogP contribution in [0, 0.1) is 5.92 Å². The van der Waals surface area contributed by atoms with Gasteiger partial charge in [-0.25, -0.2) is 4.98 Å². The predicted molar refractivity (Wildman–Crippen MR) is 59.0 cm³/mol. The number of hydrogen-bond acceptors (Lipinski definition) is 3. The Labute approximate surface area is 89.5 Å². The van der Waals surface area contributed by atoms with Crippen LogP contribution in [0.4, 0.5) is 0 Å². The summed E-state index contributed by atoms with van der Waals surface area (Å²) in [4.78, 5) is 3.97. The summed E-state index contributed by atoms with van der Waals surface area (Å²) in [7, 11) is 0. The second-order valence-corrected chi connectivity index (χ2v) is 4.09. The fourth-order valence-corrected chi connectivity index (χ4v) is 1.51. The topological polar surface area (TPSA) is 64.9 Å². The molecular formula is C10H16ClN3. The van der Waals surface area contributed by atoms with Crippen molar-refractivity contribution >= 4 is 11.6 Å². The zero-order valence-corrected chi connectivity index (χ0v) is 9.20. The molecule has 0 saturated carbocycles. The van der Waals surface area contributed by atoms with Crippen LogP contribution < -0.4 is 11.5 Å². The second-order valence-electron chi connectivity index (χ2n) is 3.73. The van der Waals surface area contributed by atoms with Crippen LogP contribution in [0.5, 0.6) is 0 Å². The van der Waals surface area contributed by atoms with Gasteiger partial charge in [0, 0.05) is 23.8 Å². The molecule has 1 aromatic rings. The Bertz CT molecular complexity index is 301. The van der Waals surface area contributed by atoms with Crippen LogP contribution in [0.1, 0.15) is 25.5 Å². The van der Waals surface area contributed by atoms with Crippen molar-refractivity contribution in [1.82, 2.24) is 4.98 Å². The van der Waals surface area contributed by atoms with Gasteiger partial charge in [-0.05, 0) is 12.0 Å². The lowest BCUT2D eigenvalue weighted by atomic mass is 9.93. The molecule has 0 aliphatic carbocycles. The summed E-state index contributed by atoms with van der Waals surface area (Å²) >= 11 is 5.92. The summed E-state index contributed by atoms with van der Waals surface area (Å²) in [6, 6.07) is 3.32. The van der Waals surface area contributed by atoms with E-state index in [1.54, 1.807) is 6.20 Å². The highest BCUT2D eigenvalue weighted by molar-refractivity contribution is 6.30. The van der Waals surface area contributed by atoms with Crippen LogP contribution in [-0.4, -0.2) is 11.0 Å². The average Bonchev–Trinajstić information content (AvgIpc) is 2.16. The molecule has 0 aliphatic heterocycles. The predicted octanol–water partition coefficient (Wildman–Crippen LogP) is 1.72. The number of pyridine rings is 1. The van der Waals surface area contributed by atoms with Crippen molar-refractivity contribution in [3.63, 3.8) is 0 Å². The van der Waals surface area contributed by atoms with Gasteiger partial charge in [0.25, 0.3) is 0 Å². The van der Waals surface area contributed by atoms with Gasteiger partial charge in [0.15, 0.2) is 0 Å². The molecule has 0 bridgehead atoms. The first-order valence-corrected chi connectivity index (χ1v) is 5.03. The summed E-state index contributed by atoms with van der Waals surface area (Å²) in [5.74, 6) is 0.321. The van der Waals surface area contributed by atoms with E-state index < -0.39 is 0 Å². The van der Waals surface area contributed by atoms with Crippen molar-refractivity contribution in [2.45, 2.75) is 25.9 Å². The number of nitrogens with zero attached hydrogens (tertiary/aromatic N) is 1. The van der Waals surface area contributed by atoms with E-state index in [0.29, 0.717) is 11.1 Å². The van der Waals surface area contributed by atoms with E-state index in [9.17, 15) is 0 Å². The molecule has 0 saturated heterocycles. The summed E-state index contributed by atoms with van der Waals surface area (Å²) in [5.41, 5.74) is 12.8. The SMILES string of the molecule is CC(C)[C@H](N)[C@@H](N)c1cccnc1Cl. The van der Waals surface area contributed by atoms with Gasteiger partial charge in [-0.2, -0.15) is 0 Å². The van der Waals surface area contributed by atoms with E-state index in [0.717, 1.165) is 5.56 Å². The standard InChI is InChI=1S/C10H16ClN3/c1-6(2)8(12)9(13)7-4-3-5-14-10(7)11/h3-6,8-9H,12-13H2,1-2H3/t8-,9-/m0/s1. The molecule has 3 nitrogen and oxygen atoms in total. The van der Waals surface area contributed by atoms with Gasteiger partial charge in [0.1, 0.15) is 5.15 Å². The van der Waals surface area contributed by atoms with Crippen molar-refractivity contribution in [3.8, 4) is 0 Å².